The summed E-state index contributed by atoms with van der Waals surface area (Å²) < 4.78 is 2.63. The van der Waals surface area contributed by atoms with Gasteiger partial charge in [0.25, 0.3) is 0 Å². The first-order valence-electron chi connectivity index (χ1n) is 5.12. The molecular weight excluding hydrogens is 280 g/mol. The summed E-state index contributed by atoms with van der Waals surface area (Å²) in [4.78, 5) is 11.7. The van der Waals surface area contributed by atoms with E-state index in [0.29, 0.717) is 5.56 Å². The zero-order valence-corrected chi connectivity index (χ0v) is 10.9. The molecule has 1 aromatic carbocycles. The standard InChI is InChI=1S/C13H11BrN2O/c1-16-9-11(8-15-16)13(17)7-4-10-2-5-12(14)6-3-10/h2-9H,1H3/b7-4-. The molecule has 1 heterocycles. The van der Waals surface area contributed by atoms with E-state index in [1.54, 1.807) is 36.3 Å². The van der Waals surface area contributed by atoms with Crippen molar-refractivity contribution < 1.29 is 4.79 Å². The molecule has 0 aliphatic heterocycles. The van der Waals surface area contributed by atoms with Gasteiger partial charge in [-0.1, -0.05) is 34.1 Å². The molecule has 0 amide bonds. The number of aryl methyl sites for hydroxylation is 1. The monoisotopic (exact) mass is 290 g/mol. The minimum absolute atomic E-state index is 0.0407. The van der Waals surface area contributed by atoms with Crippen LogP contribution in [-0.4, -0.2) is 15.6 Å². The molecule has 0 spiro atoms. The average molecular weight is 291 g/mol. The number of hydrogen-bond acceptors (Lipinski definition) is 2. The van der Waals surface area contributed by atoms with Crippen LogP contribution in [0.2, 0.25) is 0 Å². The third-order valence-electron chi connectivity index (χ3n) is 2.29. The number of allylic oxidation sites excluding steroid dienone is 1. The van der Waals surface area contributed by atoms with Crippen LogP contribution in [0.25, 0.3) is 6.08 Å². The van der Waals surface area contributed by atoms with Gasteiger partial charge in [0, 0.05) is 17.7 Å². The second-order valence-corrected chi connectivity index (χ2v) is 4.57. The normalized spacial score (nSPS) is 10.9. The number of halogens is 1. The molecule has 17 heavy (non-hydrogen) atoms. The number of ketones is 1. The highest BCUT2D eigenvalue weighted by Gasteiger charge is 2.03. The van der Waals surface area contributed by atoms with Crippen molar-refractivity contribution >= 4 is 27.8 Å². The fraction of sp³-hybridized carbons (Fsp3) is 0.0769. The van der Waals surface area contributed by atoms with Crippen molar-refractivity contribution in [2.24, 2.45) is 7.05 Å². The molecule has 0 N–H and O–H groups in total. The third-order valence-corrected chi connectivity index (χ3v) is 2.82. The molecular formula is C13H11BrN2O. The van der Waals surface area contributed by atoms with E-state index in [1.807, 2.05) is 24.3 Å². The van der Waals surface area contributed by atoms with Crippen molar-refractivity contribution in [3.63, 3.8) is 0 Å². The topological polar surface area (TPSA) is 34.9 Å². The van der Waals surface area contributed by atoms with Gasteiger partial charge in [-0.05, 0) is 23.8 Å². The van der Waals surface area contributed by atoms with Gasteiger partial charge in [0.15, 0.2) is 5.78 Å². The molecule has 0 fully saturated rings. The number of carbonyl (C=O) groups excluding carboxylic acids is 1. The van der Waals surface area contributed by atoms with Crippen LogP contribution in [0.5, 0.6) is 0 Å². The van der Waals surface area contributed by atoms with E-state index in [9.17, 15) is 4.79 Å². The van der Waals surface area contributed by atoms with Crippen molar-refractivity contribution in [3.8, 4) is 0 Å². The first-order chi connectivity index (χ1) is 8.15. The lowest BCUT2D eigenvalue weighted by Gasteiger charge is -1.93. The quantitative estimate of drug-likeness (QED) is 0.643. The van der Waals surface area contributed by atoms with E-state index in [0.717, 1.165) is 10.0 Å². The summed E-state index contributed by atoms with van der Waals surface area (Å²) >= 11 is 3.36. The third kappa shape index (κ3) is 3.14. The second-order valence-electron chi connectivity index (χ2n) is 3.65. The number of nitrogens with zero attached hydrogens (tertiary/aromatic N) is 2. The smallest absolute Gasteiger partial charge is 0.189 e. The van der Waals surface area contributed by atoms with Crippen LogP contribution in [0.15, 0.2) is 47.2 Å². The van der Waals surface area contributed by atoms with Crippen molar-refractivity contribution in [2.45, 2.75) is 0 Å². The van der Waals surface area contributed by atoms with Crippen LogP contribution in [0.1, 0.15) is 15.9 Å². The predicted molar refractivity (Wildman–Crippen MR) is 70.7 cm³/mol. The molecule has 0 saturated carbocycles. The largest absolute Gasteiger partial charge is 0.289 e. The highest BCUT2D eigenvalue weighted by Crippen LogP contribution is 2.12. The molecule has 0 unspecified atom stereocenters. The summed E-state index contributed by atoms with van der Waals surface area (Å²) in [6.07, 6.45) is 6.62. The van der Waals surface area contributed by atoms with E-state index in [4.69, 9.17) is 0 Å². The summed E-state index contributed by atoms with van der Waals surface area (Å²) in [6, 6.07) is 7.76. The Morgan fingerprint density at radius 3 is 2.65 bits per heavy atom. The van der Waals surface area contributed by atoms with Crippen molar-refractivity contribution in [1.82, 2.24) is 9.78 Å². The van der Waals surface area contributed by atoms with E-state index in [-0.39, 0.29) is 5.78 Å². The van der Waals surface area contributed by atoms with Crippen LogP contribution >= 0.6 is 15.9 Å². The Kier molecular flexibility index (Phi) is 3.54. The van der Waals surface area contributed by atoms with Crippen LogP contribution < -0.4 is 0 Å². The number of carbonyl (C=O) groups is 1. The molecule has 4 heteroatoms. The SMILES string of the molecule is Cn1cc(C(=O)/C=C\c2ccc(Br)cc2)cn1. The maximum absolute atomic E-state index is 11.7. The molecule has 0 aliphatic carbocycles. The van der Waals surface area contributed by atoms with Gasteiger partial charge in [-0.15, -0.1) is 0 Å². The summed E-state index contributed by atoms with van der Waals surface area (Å²) in [5.41, 5.74) is 1.59. The Morgan fingerprint density at radius 2 is 2.06 bits per heavy atom. The van der Waals surface area contributed by atoms with Crippen LogP contribution in [-0.2, 0) is 7.05 Å². The Balaban J connectivity index is 2.10. The molecule has 0 saturated heterocycles. The fourth-order valence-electron chi connectivity index (χ4n) is 1.39. The summed E-state index contributed by atoms with van der Waals surface area (Å²) in [5.74, 6) is -0.0407. The molecule has 1 aromatic heterocycles. The van der Waals surface area contributed by atoms with E-state index in [1.165, 1.54) is 0 Å². The van der Waals surface area contributed by atoms with E-state index >= 15 is 0 Å². The highest BCUT2D eigenvalue weighted by atomic mass is 79.9. The average Bonchev–Trinajstić information content (AvgIpc) is 2.75. The van der Waals surface area contributed by atoms with Gasteiger partial charge in [-0.3, -0.25) is 9.48 Å². The first-order valence-corrected chi connectivity index (χ1v) is 5.91. The van der Waals surface area contributed by atoms with E-state index in [2.05, 4.69) is 21.0 Å². The van der Waals surface area contributed by atoms with Gasteiger partial charge in [0.1, 0.15) is 0 Å². The molecule has 0 bridgehead atoms. The van der Waals surface area contributed by atoms with Crippen molar-refractivity contribution in [2.75, 3.05) is 0 Å². The maximum atomic E-state index is 11.7. The molecule has 2 rings (SSSR count). The Morgan fingerprint density at radius 1 is 1.35 bits per heavy atom. The summed E-state index contributed by atoms with van der Waals surface area (Å²) in [5, 5.41) is 3.96. The summed E-state index contributed by atoms with van der Waals surface area (Å²) in [7, 11) is 1.79. The zero-order chi connectivity index (χ0) is 12.3. The van der Waals surface area contributed by atoms with Gasteiger partial charge >= 0.3 is 0 Å². The highest BCUT2D eigenvalue weighted by molar-refractivity contribution is 9.10. The number of rotatable bonds is 3. The van der Waals surface area contributed by atoms with Gasteiger partial charge in [0.05, 0.1) is 11.8 Å². The Bertz CT molecular complexity index is 555. The fourth-order valence-corrected chi connectivity index (χ4v) is 1.65. The summed E-state index contributed by atoms with van der Waals surface area (Å²) in [6.45, 7) is 0. The molecule has 0 radical (unpaired) electrons. The lowest BCUT2D eigenvalue weighted by molar-refractivity contribution is 0.104. The molecule has 0 aliphatic rings. The minimum Gasteiger partial charge on any atom is -0.289 e. The number of hydrogen-bond donors (Lipinski definition) is 0. The van der Waals surface area contributed by atoms with Crippen LogP contribution in [0, 0.1) is 0 Å². The van der Waals surface area contributed by atoms with Gasteiger partial charge < -0.3 is 0 Å². The molecule has 86 valence electrons. The van der Waals surface area contributed by atoms with Crippen LogP contribution in [0.3, 0.4) is 0 Å². The first kappa shape index (κ1) is 11.8. The zero-order valence-electron chi connectivity index (χ0n) is 9.30. The predicted octanol–water partition coefficient (Wildman–Crippen LogP) is 3.08. The Labute approximate surface area is 108 Å². The van der Waals surface area contributed by atoms with Crippen molar-refractivity contribution in [3.05, 3.63) is 58.3 Å². The van der Waals surface area contributed by atoms with Crippen molar-refractivity contribution in [1.29, 1.82) is 0 Å². The lowest BCUT2D eigenvalue weighted by atomic mass is 10.1. The number of aromatic nitrogens is 2. The van der Waals surface area contributed by atoms with Crippen LogP contribution in [0.4, 0.5) is 0 Å². The van der Waals surface area contributed by atoms with Gasteiger partial charge in [-0.25, -0.2) is 0 Å². The van der Waals surface area contributed by atoms with Gasteiger partial charge in [0.2, 0.25) is 0 Å². The lowest BCUT2D eigenvalue weighted by Crippen LogP contribution is -1.91. The minimum atomic E-state index is -0.0407. The second kappa shape index (κ2) is 5.10. The molecule has 3 nitrogen and oxygen atoms in total. The molecule has 2 aromatic rings. The van der Waals surface area contributed by atoms with Gasteiger partial charge in [-0.2, -0.15) is 5.10 Å². The molecule has 0 atom stereocenters. The Hall–Kier alpha value is -1.68. The number of benzene rings is 1. The maximum Gasteiger partial charge on any atom is 0.189 e. The van der Waals surface area contributed by atoms with E-state index < -0.39 is 0 Å².